The van der Waals surface area contributed by atoms with Crippen molar-refractivity contribution in [3.8, 4) is 0 Å². The van der Waals surface area contributed by atoms with Gasteiger partial charge in [0.2, 0.25) is 0 Å². The minimum Gasteiger partial charge on any atom is -0.362 e. The van der Waals surface area contributed by atoms with E-state index in [0.29, 0.717) is 5.11 Å². The summed E-state index contributed by atoms with van der Waals surface area (Å²) >= 11 is 5.20. The molecule has 0 unspecified atom stereocenters. The van der Waals surface area contributed by atoms with E-state index < -0.39 is 0 Å². The summed E-state index contributed by atoms with van der Waals surface area (Å²) in [6.07, 6.45) is 1.08. The van der Waals surface area contributed by atoms with E-state index in [0.717, 1.165) is 18.7 Å². The highest BCUT2D eigenvalue weighted by atomic mass is 32.1. The van der Waals surface area contributed by atoms with E-state index in [9.17, 15) is 0 Å². The van der Waals surface area contributed by atoms with Gasteiger partial charge in [-0.2, -0.15) is 0 Å². The molecule has 0 heterocycles. The van der Waals surface area contributed by atoms with Crippen LogP contribution in [0, 0.1) is 13.8 Å². The number of aryl methyl sites for hydroxylation is 2. The van der Waals surface area contributed by atoms with Crippen molar-refractivity contribution in [3.63, 3.8) is 0 Å². The van der Waals surface area contributed by atoms with Gasteiger partial charge in [-0.15, -0.1) is 0 Å². The number of hydrogen-bond acceptors (Lipinski definition) is 1. The molecular formula is C12H18N2S. The van der Waals surface area contributed by atoms with E-state index in [-0.39, 0.29) is 0 Å². The summed E-state index contributed by atoms with van der Waals surface area (Å²) in [6, 6.07) is 6.22. The second kappa shape index (κ2) is 5.71. The second-order valence-electron chi connectivity index (χ2n) is 3.65. The smallest absolute Gasteiger partial charge is 0.170 e. The van der Waals surface area contributed by atoms with Gasteiger partial charge in [-0.05, 0) is 43.6 Å². The maximum atomic E-state index is 5.20. The SMILES string of the molecule is CCCNC(=S)Nc1c(C)cccc1C. The van der Waals surface area contributed by atoms with Gasteiger partial charge in [0.05, 0.1) is 0 Å². The van der Waals surface area contributed by atoms with Gasteiger partial charge < -0.3 is 10.6 Å². The Balaban J connectivity index is 2.68. The predicted molar refractivity (Wildman–Crippen MR) is 70.4 cm³/mol. The molecule has 3 heteroatoms. The predicted octanol–water partition coefficient (Wildman–Crippen LogP) is 3.00. The Bertz CT molecular complexity index is 327. The fraction of sp³-hybridized carbons (Fsp3) is 0.417. The molecule has 0 radical (unpaired) electrons. The summed E-state index contributed by atoms with van der Waals surface area (Å²) in [5.41, 5.74) is 3.55. The van der Waals surface area contributed by atoms with Crippen LogP contribution < -0.4 is 10.6 Å². The van der Waals surface area contributed by atoms with Crippen LogP contribution in [0.3, 0.4) is 0 Å². The lowest BCUT2D eigenvalue weighted by atomic mass is 10.1. The summed E-state index contributed by atoms with van der Waals surface area (Å²) in [5, 5.41) is 7.09. The van der Waals surface area contributed by atoms with E-state index >= 15 is 0 Å². The van der Waals surface area contributed by atoms with Crippen LogP contribution >= 0.6 is 12.2 Å². The van der Waals surface area contributed by atoms with Crippen molar-refractivity contribution in [2.24, 2.45) is 0 Å². The number of hydrogen-bond donors (Lipinski definition) is 2. The highest BCUT2D eigenvalue weighted by Gasteiger charge is 2.02. The quantitative estimate of drug-likeness (QED) is 0.769. The van der Waals surface area contributed by atoms with Crippen LogP contribution in [0.4, 0.5) is 5.69 Å². The first-order valence-corrected chi connectivity index (χ1v) is 5.67. The Morgan fingerprint density at radius 1 is 1.27 bits per heavy atom. The zero-order valence-electron chi connectivity index (χ0n) is 9.55. The lowest BCUT2D eigenvalue weighted by molar-refractivity contribution is 0.846. The van der Waals surface area contributed by atoms with Crippen LogP contribution in [0.2, 0.25) is 0 Å². The molecule has 2 nitrogen and oxygen atoms in total. The first kappa shape index (κ1) is 12.0. The second-order valence-corrected chi connectivity index (χ2v) is 4.06. The fourth-order valence-corrected chi connectivity index (χ4v) is 1.61. The Labute approximate surface area is 97.1 Å². The summed E-state index contributed by atoms with van der Waals surface area (Å²) < 4.78 is 0. The number of benzene rings is 1. The van der Waals surface area contributed by atoms with Gasteiger partial charge in [-0.1, -0.05) is 25.1 Å². The molecular weight excluding hydrogens is 204 g/mol. The Kier molecular flexibility index (Phi) is 4.56. The van der Waals surface area contributed by atoms with Crippen molar-refractivity contribution in [1.82, 2.24) is 5.32 Å². The number of para-hydroxylation sites is 1. The molecule has 0 fully saturated rings. The fourth-order valence-electron chi connectivity index (χ4n) is 1.41. The van der Waals surface area contributed by atoms with E-state index in [1.807, 2.05) is 0 Å². The molecule has 0 aliphatic carbocycles. The maximum Gasteiger partial charge on any atom is 0.170 e. The van der Waals surface area contributed by atoms with Crippen molar-refractivity contribution in [1.29, 1.82) is 0 Å². The molecule has 0 aliphatic rings. The van der Waals surface area contributed by atoms with Gasteiger partial charge in [0.15, 0.2) is 5.11 Å². The normalized spacial score (nSPS) is 9.80. The minimum absolute atomic E-state index is 0.703. The van der Waals surface area contributed by atoms with Crippen molar-refractivity contribution < 1.29 is 0 Å². The van der Waals surface area contributed by atoms with Gasteiger partial charge in [-0.25, -0.2) is 0 Å². The highest BCUT2D eigenvalue weighted by Crippen LogP contribution is 2.18. The molecule has 82 valence electrons. The van der Waals surface area contributed by atoms with Gasteiger partial charge in [0.1, 0.15) is 0 Å². The monoisotopic (exact) mass is 222 g/mol. The zero-order chi connectivity index (χ0) is 11.3. The largest absolute Gasteiger partial charge is 0.362 e. The van der Waals surface area contributed by atoms with Crippen molar-refractivity contribution in [2.75, 3.05) is 11.9 Å². The summed E-state index contributed by atoms with van der Waals surface area (Å²) in [7, 11) is 0. The molecule has 1 aromatic carbocycles. The molecule has 2 N–H and O–H groups in total. The topological polar surface area (TPSA) is 24.1 Å². The van der Waals surface area contributed by atoms with E-state index in [1.54, 1.807) is 0 Å². The van der Waals surface area contributed by atoms with Gasteiger partial charge in [-0.3, -0.25) is 0 Å². The van der Waals surface area contributed by atoms with Crippen LogP contribution in [-0.4, -0.2) is 11.7 Å². The molecule has 1 rings (SSSR count). The first-order chi connectivity index (χ1) is 7.15. The third-order valence-corrected chi connectivity index (χ3v) is 2.50. The third kappa shape index (κ3) is 3.51. The summed E-state index contributed by atoms with van der Waals surface area (Å²) in [4.78, 5) is 0. The Morgan fingerprint density at radius 3 is 2.40 bits per heavy atom. The Morgan fingerprint density at radius 2 is 1.87 bits per heavy atom. The molecule has 0 aromatic heterocycles. The zero-order valence-corrected chi connectivity index (χ0v) is 10.4. The third-order valence-electron chi connectivity index (χ3n) is 2.26. The van der Waals surface area contributed by atoms with Crippen molar-refractivity contribution in [2.45, 2.75) is 27.2 Å². The van der Waals surface area contributed by atoms with Crippen molar-refractivity contribution >= 4 is 23.0 Å². The molecule has 0 saturated carbocycles. The molecule has 0 amide bonds. The average Bonchev–Trinajstić information content (AvgIpc) is 2.21. The van der Waals surface area contributed by atoms with E-state index in [4.69, 9.17) is 12.2 Å². The van der Waals surface area contributed by atoms with Crippen molar-refractivity contribution in [3.05, 3.63) is 29.3 Å². The minimum atomic E-state index is 0.703. The summed E-state index contributed by atoms with van der Waals surface area (Å²) in [5.74, 6) is 0. The highest BCUT2D eigenvalue weighted by molar-refractivity contribution is 7.80. The number of nitrogens with one attached hydrogen (secondary N) is 2. The van der Waals surface area contributed by atoms with Crippen LogP contribution in [0.15, 0.2) is 18.2 Å². The van der Waals surface area contributed by atoms with Crippen LogP contribution in [-0.2, 0) is 0 Å². The maximum absolute atomic E-state index is 5.20. The number of rotatable bonds is 3. The number of anilines is 1. The van der Waals surface area contributed by atoms with Gasteiger partial charge in [0, 0.05) is 12.2 Å². The summed E-state index contributed by atoms with van der Waals surface area (Å²) in [6.45, 7) is 7.20. The molecule has 0 bridgehead atoms. The molecule has 0 aliphatic heterocycles. The molecule has 15 heavy (non-hydrogen) atoms. The van der Waals surface area contributed by atoms with Gasteiger partial charge >= 0.3 is 0 Å². The Hall–Kier alpha value is -1.09. The number of thiocarbonyl (C=S) groups is 1. The van der Waals surface area contributed by atoms with E-state index in [1.165, 1.54) is 11.1 Å². The molecule has 0 saturated heterocycles. The standard InChI is InChI=1S/C12H18N2S/c1-4-8-13-12(15)14-11-9(2)6-5-7-10(11)3/h5-7H,4,8H2,1-3H3,(H2,13,14,15). The molecule has 0 atom stereocenters. The van der Waals surface area contributed by atoms with E-state index in [2.05, 4.69) is 49.6 Å². The van der Waals surface area contributed by atoms with Crippen LogP contribution in [0.5, 0.6) is 0 Å². The first-order valence-electron chi connectivity index (χ1n) is 5.26. The molecule has 1 aromatic rings. The van der Waals surface area contributed by atoms with Crippen LogP contribution in [0.25, 0.3) is 0 Å². The average molecular weight is 222 g/mol. The van der Waals surface area contributed by atoms with Crippen LogP contribution in [0.1, 0.15) is 24.5 Å². The lowest BCUT2D eigenvalue weighted by Gasteiger charge is -2.14. The lowest BCUT2D eigenvalue weighted by Crippen LogP contribution is -2.29. The molecule has 0 spiro atoms. The van der Waals surface area contributed by atoms with Gasteiger partial charge in [0.25, 0.3) is 0 Å².